The van der Waals surface area contributed by atoms with E-state index in [9.17, 15) is 0 Å². The molecule has 4 heteroatoms. The minimum absolute atomic E-state index is 0.0716. The second-order valence-corrected chi connectivity index (χ2v) is 4.93. The first-order chi connectivity index (χ1) is 6.85. The molecule has 90 valence electrons. The normalized spacial score (nSPS) is 13.2. The lowest BCUT2D eigenvalue weighted by Gasteiger charge is -2.36. The van der Waals surface area contributed by atoms with Crippen LogP contribution in [-0.4, -0.2) is 30.0 Å². The van der Waals surface area contributed by atoms with Gasteiger partial charge < -0.3 is 4.90 Å². The number of nitrogens with zero attached hydrogens (tertiary/aromatic N) is 2. The van der Waals surface area contributed by atoms with Crippen LogP contribution < -0.4 is 11.3 Å². The Bertz CT molecular complexity index is 209. The number of hydrogen-bond acceptors (Lipinski definition) is 2. The van der Waals surface area contributed by atoms with Gasteiger partial charge in [-0.1, -0.05) is 20.8 Å². The van der Waals surface area contributed by atoms with Crippen molar-refractivity contribution in [3.63, 3.8) is 0 Å². The molecule has 0 atom stereocenters. The maximum atomic E-state index is 5.49. The lowest BCUT2D eigenvalue weighted by Crippen LogP contribution is -2.52. The van der Waals surface area contributed by atoms with Crippen LogP contribution in [0.1, 0.15) is 41.0 Å². The van der Waals surface area contributed by atoms with Crippen LogP contribution in [0.15, 0.2) is 4.99 Å². The number of nitrogens with two attached hydrogens (primary N) is 1. The molecule has 0 fully saturated rings. The van der Waals surface area contributed by atoms with Gasteiger partial charge in [0.1, 0.15) is 0 Å². The van der Waals surface area contributed by atoms with Crippen molar-refractivity contribution in [3.05, 3.63) is 0 Å². The van der Waals surface area contributed by atoms with Crippen LogP contribution >= 0.6 is 0 Å². The summed E-state index contributed by atoms with van der Waals surface area (Å²) in [5.41, 5.74) is 2.75. The summed E-state index contributed by atoms with van der Waals surface area (Å²) in [5.74, 6) is 6.80. The van der Waals surface area contributed by atoms with E-state index in [0.29, 0.717) is 5.92 Å². The van der Waals surface area contributed by atoms with E-state index < -0.39 is 0 Å². The standard InChI is InChI=1S/C11H26N4/c1-7-11(4,5)15(6)10(14-12)13-8-9(2)3/h9H,7-8,12H2,1-6H3,(H,13,14). The molecule has 0 radical (unpaired) electrons. The second-order valence-electron chi connectivity index (χ2n) is 4.93. The fraction of sp³-hybridized carbons (Fsp3) is 0.909. The molecule has 3 N–H and O–H groups in total. The molecule has 0 saturated heterocycles. The van der Waals surface area contributed by atoms with Crippen molar-refractivity contribution in [2.75, 3.05) is 13.6 Å². The molecule has 0 aliphatic heterocycles. The summed E-state index contributed by atoms with van der Waals surface area (Å²) < 4.78 is 0. The second kappa shape index (κ2) is 5.95. The lowest BCUT2D eigenvalue weighted by molar-refractivity contribution is 0.238. The zero-order valence-electron chi connectivity index (χ0n) is 11.0. The highest BCUT2D eigenvalue weighted by molar-refractivity contribution is 5.79. The molecule has 4 nitrogen and oxygen atoms in total. The Morgan fingerprint density at radius 3 is 2.33 bits per heavy atom. The van der Waals surface area contributed by atoms with Gasteiger partial charge in [0.2, 0.25) is 5.96 Å². The minimum atomic E-state index is 0.0716. The molecule has 0 saturated carbocycles. The van der Waals surface area contributed by atoms with Gasteiger partial charge in [-0.15, -0.1) is 0 Å². The minimum Gasteiger partial charge on any atom is -0.340 e. The van der Waals surface area contributed by atoms with Crippen LogP contribution in [0, 0.1) is 5.92 Å². The van der Waals surface area contributed by atoms with Gasteiger partial charge in [-0.05, 0) is 26.2 Å². The van der Waals surface area contributed by atoms with E-state index in [2.05, 4.69) is 49.9 Å². The van der Waals surface area contributed by atoms with Crippen molar-refractivity contribution >= 4 is 5.96 Å². The molecule has 0 bridgehead atoms. The molecule has 15 heavy (non-hydrogen) atoms. The molecular weight excluding hydrogens is 188 g/mol. The van der Waals surface area contributed by atoms with Crippen LogP contribution in [0.5, 0.6) is 0 Å². The SMILES string of the molecule is CCC(C)(C)N(C)C(=NCC(C)C)NN. The molecule has 0 rings (SSSR count). The first-order valence-corrected chi connectivity index (χ1v) is 5.60. The molecule has 0 aromatic carbocycles. The molecule has 0 aliphatic rings. The number of rotatable bonds is 4. The Hall–Kier alpha value is -0.770. The molecule has 0 aliphatic carbocycles. The first kappa shape index (κ1) is 14.2. The number of aliphatic imine (C=N–C) groups is 1. The van der Waals surface area contributed by atoms with E-state index in [1.807, 2.05) is 7.05 Å². The van der Waals surface area contributed by atoms with Gasteiger partial charge in [0.25, 0.3) is 0 Å². The van der Waals surface area contributed by atoms with Gasteiger partial charge in [0.15, 0.2) is 0 Å². The Morgan fingerprint density at radius 2 is 2.00 bits per heavy atom. The summed E-state index contributed by atoms with van der Waals surface area (Å²) in [7, 11) is 2.02. The van der Waals surface area contributed by atoms with Crippen LogP contribution in [0.2, 0.25) is 0 Å². The van der Waals surface area contributed by atoms with Crippen molar-refractivity contribution in [2.24, 2.45) is 16.8 Å². The highest BCUT2D eigenvalue weighted by Gasteiger charge is 2.23. The molecular formula is C11H26N4. The van der Waals surface area contributed by atoms with E-state index in [0.717, 1.165) is 18.9 Å². The van der Waals surface area contributed by atoms with E-state index in [4.69, 9.17) is 5.84 Å². The van der Waals surface area contributed by atoms with E-state index in [1.165, 1.54) is 0 Å². The monoisotopic (exact) mass is 214 g/mol. The molecule has 0 aromatic rings. The molecule has 0 unspecified atom stereocenters. The highest BCUT2D eigenvalue weighted by Crippen LogP contribution is 2.16. The Labute approximate surface area is 93.9 Å². The van der Waals surface area contributed by atoms with Crippen LogP contribution in [-0.2, 0) is 0 Å². The average molecular weight is 214 g/mol. The summed E-state index contributed by atoms with van der Waals surface area (Å²) in [5, 5.41) is 0. The lowest BCUT2D eigenvalue weighted by atomic mass is 10.0. The third-order valence-corrected chi connectivity index (χ3v) is 2.83. The number of hydrazine groups is 1. The molecule has 0 aromatic heterocycles. The topological polar surface area (TPSA) is 53.6 Å². The van der Waals surface area contributed by atoms with E-state index in [1.54, 1.807) is 0 Å². The van der Waals surface area contributed by atoms with Crippen LogP contribution in [0.25, 0.3) is 0 Å². The zero-order valence-corrected chi connectivity index (χ0v) is 11.0. The summed E-state index contributed by atoms with van der Waals surface area (Å²) in [4.78, 5) is 6.55. The summed E-state index contributed by atoms with van der Waals surface area (Å²) in [6.07, 6.45) is 1.05. The van der Waals surface area contributed by atoms with Gasteiger partial charge in [0.05, 0.1) is 0 Å². The average Bonchev–Trinajstić information content (AvgIpc) is 2.18. The first-order valence-electron chi connectivity index (χ1n) is 5.60. The Morgan fingerprint density at radius 1 is 1.47 bits per heavy atom. The number of guanidine groups is 1. The van der Waals surface area contributed by atoms with E-state index >= 15 is 0 Å². The van der Waals surface area contributed by atoms with Crippen molar-refractivity contribution in [2.45, 2.75) is 46.6 Å². The predicted octanol–water partition coefficient (Wildman–Crippen LogP) is 1.58. The number of hydrogen-bond donors (Lipinski definition) is 2. The molecule has 0 spiro atoms. The van der Waals surface area contributed by atoms with E-state index in [-0.39, 0.29) is 5.54 Å². The maximum Gasteiger partial charge on any atom is 0.208 e. The van der Waals surface area contributed by atoms with Gasteiger partial charge >= 0.3 is 0 Å². The quantitative estimate of drug-likeness (QED) is 0.323. The molecule has 0 amide bonds. The van der Waals surface area contributed by atoms with Crippen LogP contribution in [0.4, 0.5) is 0 Å². The zero-order chi connectivity index (χ0) is 12.1. The summed E-state index contributed by atoms with van der Waals surface area (Å²) >= 11 is 0. The van der Waals surface area contributed by atoms with Gasteiger partial charge in [-0.3, -0.25) is 10.4 Å². The molecule has 0 heterocycles. The third kappa shape index (κ3) is 4.51. The highest BCUT2D eigenvalue weighted by atomic mass is 15.4. The number of nitrogens with one attached hydrogen (secondary N) is 1. The van der Waals surface area contributed by atoms with Crippen molar-refractivity contribution in [1.82, 2.24) is 10.3 Å². The van der Waals surface area contributed by atoms with Crippen molar-refractivity contribution < 1.29 is 0 Å². The van der Waals surface area contributed by atoms with Crippen LogP contribution in [0.3, 0.4) is 0 Å². The smallest absolute Gasteiger partial charge is 0.208 e. The largest absolute Gasteiger partial charge is 0.340 e. The fourth-order valence-electron chi connectivity index (χ4n) is 1.04. The van der Waals surface area contributed by atoms with Gasteiger partial charge in [0, 0.05) is 19.1 Å². The van der Waals surface area contributed by atoms with Gasteiger partial charge in [-0.2, -0.15) is 0 Å². The van der Waals surface area contributed by atoms with Crippen molar-refractivity contribution in [3.8, 4) is 0 Å². The summed E-state index contributed by atoms with van der Waals surface area (Å²) in [6, 6.07) is 0. The van der Waals surface area contributed by atoms with Gasteiger partial charge in [-0.25, -0.2) is 5.84 Å². The Balaban J connectivity index is 4.60. The fourth-order valence-corrected chi connectivity index (χ4v) is 1.04. The maximum absolute atomic E-state index is 5.49. The summed E-state index contributed by atoms with van der Waals surface area (Å²) in [6.45, 7) is 11.6. The van der Waals surface area contributed by atoms with Crippen molar-refractivity contribution in [1.29, 1.82) is 0 Å². The third-order valence-electron chi connectivity index (χ3n) is 2.83. The Kier molecular flexibility index (Phi) is 5.65. The predicted molar refractivity (Wildman–Crippen MR) is 66.6 cm³/mol.